The maximum Gasteiger partial charge on any atom is 0.243 e. The third kappa shape index (κ3) is 3.79. The molecule has 0 bridgehead atoms. The van der Waals surface area contributed by atoms with Crippen LogP contribution in [0.4, 0.5) is 0 Å². The molecule has 1 N–H and O–H groups in total. The third-order valence-corrected chi connectivity index (χ3v) is 6.57. The quantitative estimate of drug-likeness (QED) is 0.901. The van der Waals surface area contributed by atoms with Gasteiger partial charge in [-0.1, -0.05) is 36.8 Å². The van der Waals surface area contributed by atoms with E-state index < -0.39 is 10.0 Å². The number of hydrogen-bond donors (Lipinski definition) is 1. The van der Waals surface area contributed by atoms with Crippen molar-refractivity contribution in [1.29, 1.82) is 0 Å². The first-order valence-electron chi connectivity index (χ1n) is 8.42. The van der Waals surface area contributed by atoms with E-state index in [4.69, 9.17) is 0 Å². The number of sulfonamides is 1. The summed E-state index contributed by atoms with van der Waals surface area (Å²) in [4.78, 5) is 0.370. The van der Waals surface area contributed by atoms with Crippen molar-refractivity contribution >= 4 is 10.0 Å². The van der Waals surface area contributed by atoms with E-state index >= 15 is 0 Å². The Labute approximate surface area is 143 Å². The fourth-order valence-corrected chi connectivity index (χ4v) is 5.10. The van der Waals surface area contributed by atoms with Gasteiger partial charge in [0.1, 0.15) is 5.75 Å². The monoisotopic (exact) mass is 345 g/mol. The highest BCUT2D eigenvalue weighted by atomic mass is 32.2. The van der Waals surface area contributed by atoms with Crippen molar-refractivity contribution in [2.75, 3.05) is 6.54 Å². The summed E-state index contributed by atoms with van der Waals surface area (Å²) in [6.45, 7) is 0.585. The highest BCUT2D eigenvalue weighted by Gasteiger charge is 2.32. The van der Waals surface area contributed by atoms with Crippen LogP contribution in [0.15, 0.2) is 59.5 Å². The SMILES string of the molecule is O=S(=O)(c1ccccc1)N1CCCCC1CCc1cccc(O)c1. The molecule has 4 nitrogen and oxygen atoms in total. The summed E-state index contributed by atoms with van der Waals surface area (Å²) in [5.74, 6) is 0.255. The zero-order chi connectivity index (χ0) is 17.0. The van der Waals surface area contributed by atoms with E-state index in [1.165, 1.54) is 0 Å². The zero-order valence-corrected chi connectivity index (χ0v) is 14.5. The van der Waals surface area contributed by atoms with E-state index in [0.717, 1.165) is 37.7 Å². The smallest absolute Gasteiger partial charge is 0.243 e. The van der Waals surface area contributed by atoms with Crippen molar-refractivity contribution in [3.8, 4) is 5.75 Å². The molecular formula is C19H23NO3S. The highest BCUT2D eigenvalue weighted by Crippen LogP contribution is 2.28. The number of piperidine rings is 1. The van der Waals surface area contributed by atoms with Crippen molar-refractivity contribution < 1.29 is 13.5 Å². The highest BCUT2D eigenvalue weighted by molar-refractivity contribution is 7.89. The fraction of sp³-hybridized carbons (Fsp3) is 0.368. The van der Waals surface area contributed by atoms with Gasteiger partial charge in [-0.2, -0.15) is 4.31 Å². The lowest BCUT2D eigenvalue weighted by atomic mass is 9.98. The van der Waals surface area contributed by atoms with E-state index in [2.05, 4.69) is 0 Å². The summed E-state index contributed by atoms with van der Waals surface area (Å²) in [6.07, 6.45) is 4.40. The number of nitrogens with zero attached hydrogens (tertiary/aromatic N) is 1. The molecule has 128 valence electrons. The van der Waals surface area contributed by atoms with E-state index in [1.54, 1.807) is 40.7 Å². The number of phenolic OH excluding ortho intramolecular Hbond substituents is 1. The van der Waals surface area contributed by atoms with Gasteiger partial charge in [-0.3, -0.25) is 0 Å². The number of hydrogen-bond acceptors (Lipinski definition) is 3. The molecule has 1 saturated heterocycles. The van der Waals surface area contributed by atoms with Gasteiger partial charge in [-0.15, -0.1) is 0 Å². The van der Waals surface area contributed by atoms with Gasteiger partial charge in [0.25, 0.3) is 0 Å². The molecule has 0 spiro atoms. The van der Waals surface area contributed by atoms with Crippen LogP contribution in [0.2, 0.25) is 0 Å². The van der Waals surface area contributed by atoms with Gasteiger partial charge in [-0.25, -0.2) is 8.42 Å². The molecule has 0 aliphatic carbocycles. The second-order valence-corrected chi connectivity index (χ2v) is 8.18. The van der Waals surface area contributed by atoms with E-state index in [0.29, 0.717) is 11.4 Å². The fourth-order valence-electron chi connectivity index (χ4n) is 3.35. The van der Waals surface area contributed by atoms with Crippen LogP contribution in [0.5, 0.6) is 5.75 Å². The van der Waals surface area contributed by atoms with Gasteiger partial charge in [0.2, 0.25) is 10.0 Å². The Kier molecular flexibility index (Phi) is 5.21. The molecule has 2 aromatic rings. The first-order valence-corrected chi connectivity index (χ1v) is 9.86. The van der Waals surface area contributed by atoms with Crippen LogP contribution in [-0.4, -0.2) is 30.4 Å². The molecule has 3 rings (SSSR count). The topological polar surface area (TPSA) is 57.6 Å². The molecule has 1 aliphatic rings. The minimum atomic E-state index is -3.44. The number of rotatable bonds is 5. The number of phenols is 1. The summed E-state index contributed by atoms with van der Waals surface area (Å²) in [6, 6.07) is 15.9. The first kappa shape index (κ1) is 17.0. The molecular weight excluding hydrogens is 322 g/mol. The second-order valence-electron chi connectivity index (χ2n) is 6.29. The maximum atomic E-state index is 12.9. The Morgan fingerprint density at radius 3 is 2.58 bits per heavy atom. The number of aryl methyl sites for hydroxylation is 1. The molecule has 1 atom stereocenters. The van der Waals surface area contributed by atoms with Crippen LogP contribution in [0.25, 0.3) is 0 Å². The summed E-state index contributed by atoms with van der Waals surface area (Å²) in [5.41, 5.74) is 1.04. The third-order valence-electron chi connectivity index (χ3n) is 4.60. The molecule has 5 heteroatoms. The Morgan fingerprint density at radius 1 is 1.04 bits per heavy atom. The predicted molar refractivity (Wildman–Crippen MR) is 94.4 cm³/mol. The molecule has 0 amide bonds. The van der Waals surface area contributed by atoms with E-state index in [9.17, 15) is 13.5 Å². The van der Waals surface area contributed by atoms with Crippen molar-refractivity contribution in [3.05, 3.63) is 60.2 Å². The Morgan fingerprint density at radius 2 is 1.83 bits per heavy atom. The number of benzene rings is 2. The average molecular weight is 345 g/mol. The second kappa shape index (κ2) is 7.36. The molecule has 1 aliphatic heterocycles. The molecule has 1 unspecified atom stereocenters. The van der Waals surface area contributed by atoms with Crippen LogP contribution in [0.3, 0.4) is 0 Å². The largest absolute Gasteiger partial charge is 0.508 e. The minimum Gasteiger partial charge on any atom is -0.508 e. The van der Waals surface area contributed by atoms with Crippen molar-refractivity contribution in [2.24, 2.45) is 0 Å². The maximum absolute atomic E-state index is 12.9. The molecule has 0 aromatic heterocycles. The average Bonchev–Trinajstić information content (AvgIpc) is 2.61. The molecule has 1 fully saturated rings. The van der Waals surface area contributed by atoms with Gasteiger partial charge < -0.3 is 5.11 Å². The van der Waals surface area contributed by atoms with E-state index in [-0.39, 0.29) is 11.8 Å². The number of aromatic hydroxyl groups is 1. The summed E-state index contributed by atoms with van der Waals surface area (Å²) in [7, 11) is -3.44. The van der Waals surface area contributed by atoms with E-state index in [1.807, 2.05) is 18.2 Å². The van der Waals surface area contributed by atoms with Gasteiger partial charge in [0.05, 0.1) is 4.90 Å². The zero-order valence-electron chi connectivity index (χ0n) is 13.6. The normalized spacial score (nSPS) is 19.2. The lowest BCUT2D eigenvalue weighted by molar-refractivity contribution is 0.241. The van der Waals surface area contributed by atoms with Gasteiger partial charge >= 0.3 is 0 Å². The standard InChI is InChI=1S/C19H23NO3S/c21-18-9-6-7-16(15-18)12-13-17-8-4-5-14-20(17)24(22,23)19-10-2-1-3-11-19/h1-3,6-7,9-11,15,17,21H,4-5,8,12-14H2. The summed E-state index contributed by atoms with van der Waals surface area (Å²) < 4.78 is 27.6. The van der Waals surface area contributed by atoms with Crippen LogP contribution in [0.1, 0.15) is 31.2 Å². The Balaban J connectivity index is 1.76. The first-order chi connectivity index (χ1) is 11.6. The van der Waals surface area contributed by atoms with Gasteiger partial charge in [0, 0.05) is 12.6 Å². The van der Waals surface area contributed by atoms with Crippen LogP contribution in [-0.2, 0) is 16.4 Å². The van der Waals surface area contributed by atoms with Gasteiger partial charge in [0.15, 0.2) is 0 Å². The van der Waals surface area contributed by atoms with Gasteiger partial charge in [-0.05, 0) is 55.5 Å². The molecule has 2 aromatic carbocycles. The Hall–Kier alpha value is -1.85. The van der Waals surface area contributed by atoms with Crippen LogP contribution in [0, 0.1) is 0 Å². The van der Waals surface area contributed by atoms with Crippen molar-refractivity contribution in [3.63, 3.8) is 0 Å². The molecule has 0 radical (unpaired) electrons. The predicted octanol–water partition coefficient (Wildman–Crippen LogP) is 3.57. The van der Waals surface area contributed by atoms with Crippen molar-refractivity contribution in [2.45, 2.75) is 43.0 Å². The molecule has 24 heavy (non-hydrogen) atoms. The lowest BCUT2D eigenvalue weighted by Crippen LogP contribution is -2.43. The summed E-state index contributed by atoms with van der Waals surface area (Å²) in [5, 5.41) is 9.57. The summed E-state index contributed by atoms with van der Waals surface area (Å²) >= 11 is 0. The van der Waals surface area contributed by atoms with Crippen LogP contribution < -0.4 is 0 Å². The minimum absolute atomic E-state index is 0.0197. The van der Waals surface area contributed by atoms with Crippen molar-refractivity contribution in [1.82, 2.24) is 4.31 Å². The Bertz CT molecular complexity index is 774. The van der Waals surface area contributed by atoms with Crippen LogP contribution >= 0.6 is 0 Å². The molecule has 1 heterocycles. The lowest BCUT2D eigenvalue weighted by Gasteiger charge is -2.34. The molecule has 0 saturated carbocycles.